The van der Waals surface area contributed by atoms with Crippen LogP contribution < -0.4 is 5.32 Å². The number of rotatable bonds is 3. The summed E-state index contributed by atoms with van der Waals surface area (Å²) < 4.78 is 24.5. The smallest absolute Gasteiger partial charge is 0.253 e. The molecule has 0 aromatic carbocycles. The Balaban J connectivity index is 1.83. The van der Waals surface area contributed by atoms with E-state index in [4.69, 9.17) is 0 Å². The fourth-order valence-electron chi connectivity index (χ4n) is 2.86. The Hall–Kier alpha value is -0.180. The molecule has 0 aromatic heterocycles. The summed E-state index contributed by atoms with van der Waals surface area (Å²) in [7, 11) is 0. The Bertz CT molecular complexity index is 184. The highest BCUT2D eigenvalue weighted by atomic mass is 19.3. The summed E-state index contributed by atoms with van der Waals surface area (Å²) in [5.74, 6) is 1.51. The van der Waals surface area contributed by atoms with Gasteiger partial charge in [0.15, 0.2) is 0 Å². The van der Waals surface area contributed by atoms with E-state index >= 15 is 0 Å². The quantitative estimate of drug-likeness (QED) is 0.719. The normalized spacial score (nSPS) is 40.2. The van der Waals surface area contributed by atoms with Crippen LogP contribution in [0.3, 0.4) is 0 Å². The molecule has 2 saturated carbocycles. The highest BCUT2D eigenvalue weighted by Crippen LogP contribution is 2.44. The number of alkyl halides is 2. The van der Waals surface area contributed by atoms with Gasteiger partial charge in [0.05, 0.1) is 6.04 Å². The van der Waals surface area contributed by atoms with Gasteiger partial charge in [-0.05, 0) is 38.0 Å². The first kappa shape index (κ1) is 9.38. The van der Waals surface area contributed by atoms with Crippen LogP contribution in [-0.2, 0) is 0 Å². The first-order valence-corrected chi connectivity index (χ1v) is 5.21. The Labute approximate surface area is 77.9 Å². The maximum Gasteiger partial charge on any atom is 0.253 e. The number of nitrogens with one attached hydrogen (secondary N) is 1. The topological polar surface area (TPSA) is 12.0 Å². The minimum Gasteiger partial charge on any atom is -0.306 e. The molecule has 3 heteroatoms. The summed E-state index contributed by atoms with van der Waals surface area (Å²) in [6.45, 7) is 1.58. The Kier molecular flexibility index (Phi) is 2.54. The molecule has 2 aliphatic rings. The second-order valence-electron chi connectivity index (χ2n) is 4.57. The molecule has 1 N–H and O–H groups in total. The minimum atomic E-state index is -2.22. The minimum absolute atomic E-state index is 0.378. The van der Waals surface area contributed by atoms with Gasteiger partial charge in [-0.3, -0.25) is 0 Å². The van der Waals surface area contributed by atoms with E-state index in [-0.39, 0.29) is 0 Å². The average molecular weight is 189 g/mol. The zero-order valence-electron chi connectivity index (χ0n) is 7.97. The molecule has 0 aromatic rings. The van der Waals surface area contributed by atoms with Gasteiger partial charge >= 0.3 is 0 Å². The van der Waals surface area contributed by atoms with E-state index in [0.29, 0.717) is 12.0 Å². The molecule has 4 atom stereocenters. The summed E-state index contributed by atoms with van der Waals surface area (Å²) in [5.41, 5.74) is 0. The van der Waals surface area contributed by atoms with Crippen molar-refractivity contribution < 1.29 is 8.78 Å². The van der Waals surface area contributed by atoms with Crippen molar-refractivity contribution in [3.8, 4) is 0 Å². The van der Waals surface area contributed by atoms with Crippen LogP contribution in [0.25, 0.3) is 0 Å². The average Bonchev–Trinajstić information content (AvgIpc) is 2.64. The van der Waals surface area contributed by atoms with Crippen LogP contribution in [0.5, 0.6) is 0 Å². The lowest BCUT2D eigenvalue weighted by atomic mass is 9.95. The predicted molar refractivity (Wildman–Crippen MR) is 47.8 cm³/mol. The first-order valence-electron chi connectivity index (χ1n) is 5.21. The van der Waals surface area contributed by atoms with Gasteiger partial charge in [-0.2, -0.15) is 0 Å². The second kappa shape index (κ2) is 3.52. The van der Waals surface area contributed by atoms with Gasteiger partial charge < -0.3 is 5.32 Å². The zero-order chi connectivity index (χ0) is 9.42. The lowest BCUT2D eigenvalue weighted by Crippen LogP contribution is -2.43. The first-order chi connectivity index (χ1) is 6.16. The fraction of sp³-hybridized carbons (Fsp3) is 1.00. The van der Waals surface area contributed by atoms with Gasteiger partial charge in [-0.25, -0.2) is 8.78 Å². The molecule has 4 unspecified atom stereocenters. The van der Waals surface area contributed by atoms with Crippen molar-refractivity contribution in [1.29, 1.82) is 0 Å². The van der Waals surface area contributed by atoms with Gasteiger partial charge in [0.1, 0.15) is 0 Å². The fourth-order valence-corrected chi connectivity index (χ4v) is 2.86. The van der Waals surface area contributed by atoms with Crippen molar-refractivity contribution in [3.05, 3.63) is 0 Å². The van der Waals surface area contributed by atoms with E-state index < -0.39 is 12.5 Å². The predicted octanol–water partition coefficient (Wildman–Crippen LogP) is 2.42. The third-order valence-electron chi connectivity index (χ3n) is 3.59. The molecule has 76 valence electrons. The second-order valence-corrected chi connectivity index (χ2v) is 4.57. The number of hydrogen-bond acceptors (Lipinski definition) is 1. The van der Waals surface area contributed by atoms with Crippen LogP contribution in [0.4, 0.5) is 8.78 Å². The van der Waals surface area contributed by atoms with Gasteiger partial charge in [-0.15, -0.1) is 0 Å². The van der Waals surface area contributed by atoms with Crippen LogP contribution in [0.1, 0.15) is 32.6 Å². The van der Waals surface area contributed by atoms with E-state index in [2.05, 4.69) is 5.32 Å². The van der Waals surface area contributed by atoms with Crippen molar-refractivity contribution in [3.63, 3.8) is 0 Å². The maximum atomic E-state index is 12.3. The van der Waals surface area contributed by atoms with Crippen LogP contribution >= 0.6 is 0 Å². The van der Waals surface area contributed by atoms with Gasteiger partial charge in [0, 0.05) is 6.04 Å². The Morgan fingerprint density at radius 1 is 1.23 bits per heavy atom. The van der Waals surface area contributed by atoms with Crippen LogP contribution in [0, 0.1) is 11.8 Å². The molecule has 0 saturated heterocycles. The van der Waals surface area contributed by atoms with E-state index in [1.165, 1.54) is 19.3 Å². The monoisotopic (exact) mass is 189 g/mol. The molecule has 2 bridgehead atoms. The van der Waals surface area contributed by atoms with Gasteiger partial charge in [0.2, 0.25) is 0 Å². The summed E-state index contributed by atoms with van der Waals surface area (Å²) in [6, 6.07) is -0.257. The van der Waals surface area contributed by atoms with Crippen molar-refractivity contribution in [2.24, 2.45) is 11.8 Å². The molecular formula is C10H17F2N. The van der Waals surface area contributed by atoms with Gasteiger partial charge in [0.25, 0.3) is 6.43 Å². The lowest BCUT2D eigenvalue weighted by Gasteiger charge is -2.26. The molecule has 1 nitrogen and oxygen atoms in total. The van der Waals surface area contributed by atoms with E-state index in [9.17, 15) is 8.78 Å². The van der Waals surface area contributed by atoms with Crippen molar-refractivity contribution >= 4 is 0 Å². The molecular weight excluding hydrogens is 172 g/mol. The van der Waals surface area contributed by atoms with E-state index in [0.717, 1.165) is 12.3 Å². The zero-order valence-corrected chi connectivity index (χ0v) is 7.97. The van der Waals surface area contributed by atoms with Gasteiger partial charge in [-0.1, -0.05) is 6.42 Å². The lowest BCUT2D eigenvalue weighted by molar-refractivity contribution is 0.0946. The van der Waals surface area contributed by atoms with Crippen LogP contribution in [0.15, 0.2) is 0 Å². The molecule has 2 fully saturated rings. The maximum absolute atomic E-state index is 12.3. The molecule has 2 aliphatic carbocycles. The molecule has 0 radical (unpaired) electrons. The summed E-state index contributed by atoms with van der Waals surface area (Å²) in [5, 5.41) is 3.06. The number of fused-ring (bicyclic) bond motifs is 2. The molecule has 0 spiro atoms. The standard InChI is InChI=1S/C10H17F2N/c1-6(10(11)12)13-9-5-7-2-3-8(9)4-7/h6-10,13H,2-5H2,1H3. The third-order valence-corrected chi connectivity index (χ3v) is 3.59. The summed E-state index contributed by atoms with van der Waals surface area (Å²) >= 11 is 0. The third kappa shape index (κ3) is 1.85. The molecule has 0 amide bonds. The van der Waals surface area contributed by atoms with E-state index in [1.807, 2.05) is 0 Å². The van der Waals surface area contributed by atoms with Crippen LogP contribution in [-0.4, -0.2) is 18.5 Å². The summed E-state index contributed by atoms with van der Waals surface area (Å²) in [4.78, 5) is 0. The highest BCUT2D eigenvalue weighted by Gasteiger charge is 2.40. The SMILES string of the molecule is CC(NC1CC2CCC1C2)C(F)F. The van der Waals surface area contributed by atoms with E-state index in [1.54, 1.807) is 6.92 Å². The van der Waals surface area contributed by atoms with Crippen LogP contribution in [0.2, 0.25) is 0 Å². The Morgan fingerprint density at radius 2 is 2.00 bits per heavy atom. The molecule has 0 heterocycles. The molecule has 2 rings (SSSR count). The highest BCUT2D eigenvalue weighted by molar-refractivity contribution is 4.95. The Morgan fingerprint density at radius 3 is 2.46 bits per heavy atom. The largest absolute Gasteiger partial charge is 0.306 e. The summed E-state index contributed by atoms with van der Waals surface area (Å²) in [6.07, 6.45) is 2.75. The number of halogens is 2. The molecule has 0 aliphatic heterocycles. The van der Waals surface area contributed by atoms with Crippen molar-refractivity contribution in [2.75, 3.05) is 0 Å². The van der Waals surface area contributed by atoms with Crippen molar-refractivity contribution in [1.82, 2.24) is 5.32 Å². The van der Waals surface area contributed by atoms with Crippen molar-refractivity contribution in [2.45, 2.75) is 51.1 Å². The molecule has 13 heavy (non-hydrogen) atoms. The number of hydrogen-bond donors (Lipinski definition) is 1.